The molecule has 0 aromatic rings. The summed E-state index contributed by atoms with van der Waals surface area (Å²) in [6.45, 7) is 8.66. The Labute approximate surface area is 74.6 Å². The molecule has 0 bridgehead atoms. The molecule has 2 fully saturated rings. The first-order valence-corrected chi connectivity index (χ1v) is 4.87. The predicted octanol–water partition coefficient (Wildman–Crippen LogP) is 1.24. The quantitative estimate of drug-likeness (QED) is 0.590. The van der Waals surface area contributed by atoms with Crippen molar-refractivity contribution < 1.29 is 5.11 Å². The fourth-order valence-corrected chi connectivity index (χ4v) is 2.12. The largest absolute Gasteiger partial charge is 0.391 e. The number of likely N-dealkylation sites (tertiary alicyclic amines) is 1. The van der Waals surface area contributed by atoms with Crippen LogP contribution in [0.1, 0.15) is 33.6 Å². The van der Waals surface area contributed by atoms with E-state index in [0.717, 1.165) is 13.1 Å². The average molecular weight is 169 g/mol. The molecule has 70 valence electrons. The molecular formula is C10H19NO. The van der Waals surface area contributed by atoms with Gasteiger partial charge < -0.3 is 5.11 Å². The highest BCUT2D eigenvalue weighted by Gasteiger charge is 2.55. The normalized spacial score (nSPS) is 34.5. The summed E-state index contributed by atoms with van der Waals surface area (Å²) in [5, 5.41) is 9.81. The van der Waals surface area contributed by atoms with Gasteiger partial charge in [0.05, 0.1) is 6.10 Å². The Kier molecular flexibility index (Phi) is 1.59. The second-order valence-electron chi connectivity index (χ2n) is 5.43. The number of rotatable bonds is 0. The molecule has 1 saturated carbocycles. The van der Waals surface area contributed by atoms with E-state index in [1.165, 1.54) is 12.8 Å². The Balaban J connectivity index is 2.06. The third-order valence-corrected chi connectivity index (χ3v) is 3.45. The van der Waals surface area contributed by atoms with Crippen LogP contribution < -0.4 is 0 Å². The van der Waals surface area contributed by atoms with Crippen molar-refractivity contribution in [3.05, 3.63) is 0 Å². The number of aliphatic hydroxyl groups excluding tert-OH is 1. The molecule has 2 rings (SSSR count). The van der Waals surface area contributed by atoms with E-state index >= 15 is 0 Å². The van der Waals surface area contributed by atoms with Gasteiger partial charge in [-0.05, 0) is 33.6 Å². The average Bonchev–Trinajstić information content (AvgIpc) is 2.57. The zero-order chi connectivity index (χ0) is 8.98. The van der Waals surface area contributed by atoms with Crippen LogP contribution in [0, 0.1) is 5.41 Å². The molecule has 1 heterocycles. The van der Waals surface area contributed by atoms with Crippen LogP contribution in [0.15, 0.2) is 0 Å². The van der Waals surface area contributed by atoms with Gasteiger partial charge in [-0.25, -0.2) is 0 Å². The molecule has 0 radical (unpaired) electrons. The van der Waals surface area contributed by atoms with Crippen molar-refractivity contribution in [3.63, 3.8) is 0 Å². The molecule has 0 aromatic carbocycles. The monoisotopic (exact) mass is 169 g/mol. The van der Waals surface area contributed by atoms with Crippen molar-refractivity contribution in [3.8, 4) is 0 Å². The molecule has 1 atom stereocenters. The highest BCUT2D eigenvalue weighted by molar-refractivity contribution is 5.08. The molecule has 2 nitrogen and oxygen atoms in total. The third-order valence-electron chi connectivity index (χ3n) is 3.45. The molecule has 1 N–H and O–H groups in total. The van der Waals surface area contributed by atoms with Crippen LogP contribution in [0.5, 0.6) is 0 Å². The number of hydrogen-bond donors (Lipinski definition) is 1. The van der Waals surface area contributed by atoms with E-state index in [-0.39, 0.29) is 11.6 Å². The van der Waals surface area contributed by atoms with Crippen LogP contribution in [0.3, 0.4) is 0 Å². The van der Waals surface area contributed by atoms with Crippen LogP contribution in [0.2, 0.25) is 0 Å². The minimum atomic E-state index is -0.0586. The lowest BCUT2D eigenvalue weighted by atomic mass is 10.0. The van der Waals surface area contributed by atoms with E-state index in [1.807, 2.05) is 0 Å². The summed E-state index contributed by atoms with van der Waals surface area (Å²) < 4.78 is 0. The van der Waals surface area contributed by atoms with E-state index in [4.69, 9.17) is 0 Å². The Morgan fingerprint density at radius 1 is 1.33 bits per heavy atom. The number of hydrogen-bond acceptors (Lipinski definition) is 2. The second kappa shape index (κ2) is 2.24. The lowest BCUT2D eigenvalue weighted by Crippen LogP contribution is -2.40. The van der Waals surface area contributed by atoms with E-state index in [1.54, 1.807) is 0 Å². The first-order chi connectivity index (χ1) is 5.44. The SMILES string of the molecule is CC(C)(C)N1C[C@H](O)C2(CC2)C1. The third kappa shape index (κ3) is 1.17. The van der Waals surface area contributed by atoms with Gasteiger partial charge in [0.15, 0.2) is 0 Å². The van der Waals surface area contributed by atoms with Gasteiger partial charge in [-0.2, -0.15) is 0 Å². The zero-order valence-corrected chi connectivity index (χ0v) is 8.30. The van der Waals surface area contributed by atoms with E-state index < -0.39 is 0 Å². The standard InChI is InChI=1S/C10H19NO/c1-9(2,3)11-6-8(12)10(7-11)4-5-10/h8,12H,4-7H2,1-3H3/t8-/m0/s1. The minimum absolute atomic E-state index is 0.0586. The van der Waals surface area contributed by atoms with E-state index in [2.05, 4.69) is 25.7 Å². The van der Waals surface area contributed by atoms with Gasteiger partial charge in [-0.1, -0.05) is 0 Å². The first kappa shape index (κ1) is 8.52. The van der Waals surface area contributed by atoms with Crippen molar-refractivity contribution >= 4 is 0 Å². The molecule has 0 unspecified atom stereocenters. The molecule has 0 aromatic heterocycles. The number of aliphatic hydroxyl groups is 1. The maximum atomic E-state index is 9.81. The maximum Gasteiger partial charge on any atom is 0.0735 e. The summed E-state index contributed by atoms with van der Waals surface area (Å²) in [6.07, 6.45) is 2.42. The number of β-amino-alcohol motifs (C(OH)–C–C–N with tert-alkyl or cyclic N) is 1. The van der Waals surface area contributed by atoms with Crippen molar-refractivity contribution in [1.29, 1.82) is 0 Å². The fraction of sp³-hybridized carbons (Fsp3) is 1.00. The van der Waals surface area contributed by atoms with Crippen LogP contribution >= 0.6 is 0 Å². The molecule has 1 aliphatic carbocycles. The molecule has 0 amide bonds. The molecular weight excluding hydrogens is 150 g/mol. The van der Waals surface area contributed by atoms with Crippen molar-refractivity contribution in [2.45, 2.75) is 45.3 Å². The Morgan fingerprint density at radius 3 is 2.17 bits per heavy atom. The second-order valence-corrected chi connectivity index (χ2v) is 5.43. The van der Waals surface area contributed by atoms with Gasteiger partial charge >= 0.3 is 0 Å². The zero-order valence-electron chi connectivity index (χ0n) is 8.30. The Morgan fingerprint density at radius 2 is 1.92 bits per heavy atom. The van der Waals surface area contributed by atoms with Gasteiger partial charge in [-0.15, -0.1) is 0 Å². The van der Waals surface area contributed by atoms with Crippen LogP contribution in [0.25, 0.3) is 0 Å². The fourth-order valence-electron chi connectivity index (χ4n) is 2.12. The summed E-state index contributed by atoms with van der Waals surface area (Å²) >= 11 is 0. The summed E-state index contributed by atoms with van der Waals surface area (Å²) in [4.78, 5) is 2.41. The van der Waals surface area contributed by atoms with Gasteiger partial charge in [0, 0.05) is 24.0 Å². The summed E-state index contributed by atoms with van der Waals surface area (Å²) in [6, 6.07) is 0. The molecule has 12 heavy (non-hydrogen) atoms. The van der Waals surface area contributed by atoms with Crippen LogP contribution in [-0.2, 0) is 0 Å². The Hall–Kier alpha value is -0.0800. The summed E-state index contributed by atoms with van der Waals surface area (Å²) in [5.41, 5.74) is 0.542. The smallest absolute Gasteiger partial charge is 0.0735 e. The van der Waals surface area contributed by atoms with E-state index in [9.17, 15) is 5.11 Å². The molecule has 1 spiro atoms. The molecule has 2 heteroatoms. The minimum Gasteiger partial charge on any atom is -0.391 e. The number of nitrogens with zero attached hydrogens (tertiary/aromatic N) is 1. The lowest BCUT2D eigenvalue weighted by molar-refractivity contribution is 0.117. The van der Waals surface area contributed by atoms with Gasteiger partial charge in [0.1, 0.15) is 0 Å². The van der Waals surface area contributed by atoms with Gasteiger partial charge in [0.2, 0.25) is 0 Å². The van der Waals surface area contributed by atoms with Crippen molar-refractivity contribution in [1.82, 2.24) is 4.90 Å². The highest BCUT2D eigenvalue weighted by atomic mass is 16.3. The van der Waals surface area contributed by atoms with Crippen molar-refractivity contribution in [2.24, 2.45) is 5.41 Å². The maximum absolute atomic E-state index is 9.81. The lowest BCUT2D eigenvalue weighted by Gasteiger charge is -2.31. The topological polar surface area (TPSA) is 23.5 Å². The van der Waals surface area contributed by atoms with Crippen LogP contribution in [0.4, 0.5) is 0 Å². The predicted molar refractivity (Wildman–Crippen MR) is 49.0 cm³/mol. The first-order valence-electron chi connectivity index (χ1n) is 4.87. The van der Waals surface area contributed by atoms with Crippen LogP contribution in [-0.4, -0.2) is 34.7 Å². The molecule has 1 saturated heterocycles. The summed E-state index contributed by atoms with van der Waals surface area (Å²) in [7, 11) is 0. The van der Waals surface area contributed by atoms with E-state index in [0.29, 0.717) is 5.41 Å². The Bertz CT molecular complexity index is 191. The molecule has 1 aliphatic heterocycles. The van der Waals surface area contributed by atoms with Gasteiger partial charge in [0.25, 0.3) is 0 Å². The highest BCUT2D eigenvalue weighted by Crippen LogP contribution is 2.53. The van der Waals surface area contributed by atoms with Crippen molar-refractivity contribution in [2.75, 3.05) is 13.1 Å². The van der Waals surface area contributed by atoms with Gasteiger partial charge in [-0.3, -0.25) is 4.90 Å². The molecule has 2 aliphatic rings. The summed E-state index contributed by atoms with van der Waals surface area (Å²) in [5.74, 6) is 0.